The molecule has 3 rings (SSSR count). The highest BCUT2D eigenvalue weighted by atomic mass is 79.9. The molecular weight excluding hydrogens is 404 g/mol. The molecule has 2 heterocycles. The van der Waals surface area contributed by atoms with E-state index in [-0.39, 0.29) is 5.91 Å². The number of rotatable bonds is 5. The van der Waals surface area contributed by atoms with Crippen LogP contribution in [0.5, 0.6) is 0 Å². The number of nitrogens with zero attached hydrogens (tertiary/aromatic N) is 3. The van der Waals surface area contributed by atoms with Crippen LogP contribution < -0.4 is 5.73 Å². The molecule has 0 fully saturated rings. The molecule has 0 aliphatic rings. The standard InChI is InChI=1S/C21H23BrN4O/c1-13(2)11-26(12-18-6-5-17(22)10-24-18)21(27)15-4-7-19-16(9-15)8-14(3)20(23)25-19/h4-10,13H,11-12H2,1-3H3,(H2,23,25). The van der Waals surface area contributed by atoms with Crippen molar-refractivity contribution in [3.63, 3.8) is 0 Å². The lowest BCUT2D eigenvalue weighted by Gasteiger charge is -2.24. The van der Waals surface area contributed by atoms with Gasteiger partial charge in [0.15, 0.2) is 0 Å². The first-order valence-corrected chi connectivity index (χ1v) is 9.69. The summed E-state index contributed by atoms with van der Waals surface area (Å²) in [7, 11) is 0. The van der Waals surface area contributed by atoms with Crippen molar-refractivity contribution in [3.05, 3.63) is 63.9 Å². The van der Waals surface area contributed by atoms with Gasteiger partial charge in [-0.25, -0.2) is 4.98 Å². The number of hydrogen-bond acceptors (Lipinski definition) is 4. The SMILES string of the molecule is Cc1cc2cc(C(=O)N(Cc3ccc(Br)cn3)CC(C)C)ccc2nc1N. The number of aryl methyl sites for hydroxylation is 1. The molecule has 0 saturated heterocycles. The zero-order valence-corrected chi connectivity index (χ0v) is 17.3. The molecule has 140 valence electrons. The molecular formula is C21H23BrN4O. The average molecular weight is 427 g/mol. The lowest BCUT2D eigenvalue weighted by Crippen LogP contribution is -2.34. The van der Waals surface area contributed by atoms with E-state index >= 15 is 0 Å². The maximum Gasteiger partial charge on any atom is 0.254 e. The maximum atomic E-state index is 13.2. The van der Waals surface area contributed by atoms with Gasteiger partial charge in [0.05, 0.1) is 17.8 Å². The number of fused-ring (bicyclic) bond motifs is 1. The maximum absolute atomic E-state index is 13.2. The van der Waals surface area contributed by atoms with Crippen LogP contribution in [0.2, 0.25) is 0 Å². The number of carbonyl (C=O) groups is 1. The van der Waals surface area contributed by atoms with E-state index in [9.17, 15) is 4.79 Å². The van der Waals surface area contributed by atoms with Gasteiger partial charge in [-0.3, -0.25) is 9.78 Å². The molecule has 0 unspecified atom stereocenters. The van der Waals surface area contributed by atoms with Crippen LogP contribution in [0.4, 0.5) is 5.82 Å². The summed E-state index contributed by atoms with van der Waals surface area (Å²) in [5, 5.41) is 0.916. The van der Waals surface area contributed by atoms with E-state index in [1.54, 1.807) is 6.20 Å². The first kappa shape index (κ1) is 19.3. The predicted molar refractivity (Wildman–Crippen MR) is 112 cm³/mol. The van der Waals surface area contributed by atoms with Crippen LogP contribution in [-0.4, -0.2) is 27.3 Å². The zero-order valence-electron chi connectivity index (χ0n) is 15.7. The minimum absolute atomic E-state index is 0.00945. The van der Waals surface area contributed by atoms with Gasteiger partial charge in [-0.2, -0.15) is 0 Å². The number of aromatic nitrogens is 2. The Hall–Kier alpha value is -2.47. The van der Waals surface area contributed by atoms with Crippen molar-refractivity contribution in [2.45, 2.75) is 27.3 Å². The van der Waals surface area contributed by atoms with Gasteiger partial charge in [-0.1, -0.05) is 13.8 Å². The fourth-order valence-electron chi connectivity index (χ4n) is 2.97. The number of nitrogens with two attached hydrogens (primary N) is 1. The van der Waals surface area contributed by atoms with E-state index in [4.69, 9.17) is 5.73 Å². The number of carbonyl (C=O) groups excluding carboxylic acids is 1. The smallest absolute Gasteiger partial charge is 0.254 e. The van der Waals surface area contributed by atoms with E-state index < -0.39 is 0 Å². The third-order valence-electron chi connectivity index (χ3n) is 4.31. The third-order valence-corrected chi connectivity index (χ3v) is 4.77. The topological polar surface area (TPSA) is 72.1 Å². The number of nitrogen functional groups attached to an aromatic ring is 1. The Morgan fingerprint density at radius 1 is 1.22 bits per heavy atom. The van der Waals surface area contributed by atoms with Crippen molar-refractivity contribution in [1.82, 2.24) is 14.9 Å². The van der Waals surface area contributed by atoms with Crippen LogP contribution >= 0.6 is 15.9 Å². The van der Waals surface area contributed by atoms with Crippen LogP contribution in [0.3, 0.4) is 0 Å². The summed E-state index contributed by atoms with van der Waals surface area (Å²) in [6.07, 6.45) is 1.75. The number of pyridine rings is 2. The van der Waals surface area contributed by atoms with Gasteiger partial charge in [0, 0.05) is 28.2 Å². The van der Waals surface area contributed by atoms with E-state index in [2.05, 4.69) is 39.7 Å². The largest absolute Gasteiger partial charge is 0.383 e. The number of benzene rings is 1. The quantitative estimate of drug-likeness (QED) is 0.647. The highest BCUT2D eigenvalue weighted by Gasteiger charge is 2.18. The van der Waals surface area contributed by atoms with Crippen molar-refractivity contribution in [1.29, 1.82) is 0 Å². The second-order valence-corrected chi connectivity index (χ2v) is 8.06. The van der Waals surface area contributed by atoms with E-state index in [1.165, 1.54) is 0 Å². The van der Waals surface area contributed by atoms with Gasteiger partial charge in [0.25, 0.3) is 5.91 Å². The van der Waals surface area contributed by atoms with Gasteiger partial charge in [0.2, 0.25) is 0 Å². The van der Waals surface area contributed by atoms with Crippen molar-refractivity contribution in [2.24, 2.45) is 5.92 Å². The predicted octanol–water partition coefficient (Wildman–Crippen LogP) is 4.58. The molecule has 3 aromatic rings. The van der Waals surface area contributed by atoms with Gasteiger partial charge >= 0.3 is 0 Å². The fourth-order valence-corrected chi connectivity index (χ4v) is 3.20. The van der Waals surface area contributed by atoms with Crippen LogP contribution in [0.15, 0.2) is 47.1 Å². The normalized spacial score (nSPS) is 11.1. The molecule has 0 aliphatic heterocycles. The number of anilines is 1. The first-order valence-electron chi connectivity index (χ1n) is 8.90. The van der Waals surface area contributed by atoms with Crippen molar-refractivity contribution in [2.75, 3.05) is 12.3 Å². The Labute approximate surface area is 167 Å². The Kier molecular flexibility index (Phi) is 5.75. The molecule has 5 nitrogen and oxygen atoms in total. The van der Waals surface area contributed by atoms with E-state index in [0.29, 0.717) is 30.4 Å². The molecule has 0 spiro atoms. The summed E-state index contributed by atoms with van der Waals surface area (Å²) in [6.45, 7) is 7.26. The second-order valence-electron chi connectivity index (χ2n) is 7.15. The minimum Gasteiger partial charge on any atom is -0.383 e. The Bertz CT molecular complexity index is 970. The lowest BCUT2D eigenvalue weighted by atomic mass is 10.1. The second kappa shape index (κ2) is 8.05. The summed E-state index contributed by atoms with van der Waals surface area (Å²) >= 11 is 3.39. The van der Waals surface area contributed by atoms with Crippen molar-refractivity contribution >= 4 is 38.6 Å². The summed E-state index contributed by atoms with van der Waals surface area (Å²) in [5.41, 5.74) is 9.09. The number of amides is 1. The molecule has 0 radical (unpaired) electrons. The average Bonchev–Trinajstić information content (AvgIpc) is 2.62. The molecule has 27 heavy (non-hydrogen) atoms. The highest BCUT2D eigenvalue weighted by Crippen LogP contribution is 2.21. The van der Waals surface area contributed by atoms with Crippen LogP contribution in [0.1, 0.15) is 35.5 Å². The van der Waals surface area contributed by atoms with E-state index in [0.717, 1.165) is 26.6 Å². The Balaban J connectivity index is 1.91. The number of hydrogen-bond donors (Lipinski definition) is 1. The zero-order chi connectivity index (χ0) is 19.6. The van der Waals surface area contributed by atoms with Gasteiger partial charge in [-0.15, -0.1) is 0 Å². The van der Waals surface area contributed by atoms with Crippen LogP contribution in [0, 0.1) is 12.8 Å². The Morgan fingerprint density at radius 3 is 2.67 bits per heavy atom. The molecule has 0 atom stereocenters. The molecule has 0 bridgehead atoms. The summed E-state index contributed by atoms with van der Waals surface area (Å²) in [6, 6.07) is 11.4. The van der Waals surface area contributed by atoms with Crippen LogP contribution in [-0.2, 0) is 6.54 Å². The minimum atomic E-state index is -0.00945. The Morgan fingerprint density at radius 2 is 2.00 bits per heavy atom. The van der Waals surface area contributed by atoms with Crippen molar-refractivity contribution in [3.8, 4) is 0 Å². The van der Waals surface area contributed by atoms with Crippen molar-refractivity contribution < 1.29 is 4.79 Å². The van der Waals surface area contributed by atoms with Gasteiger partial charge < -0.3 is 10.6 Å². The first-order chi connectivity index (χ1) is 12.8. The lowest BCUT2D eigenvalue weighted by molar-refractivity contribution is 0.0720. The highest BCUT2D eigenvalue weighted by molar-refractivity contribution is 9.10. The molecule has 6 heteroatoms. The van der Waals surface area contributed by atoms with Gasteiger partial charge in [-0.05, 0) is 70.7 Å². The summed E-state index contributed by atoms with van der Waals surface area (Å²) < 4.78 is 0.921. The molecule has 1 amide bonds. The third kappa shape index (κ3) is 4.63. The monoisotopic (exact) mass is 426 g/mol. The van der Waals surface area contributed by atoms with Crippen LogP contribution in [0.25, 0.3) is 10.9 Å². The van der Waals surface area contributed by atoms with E-state index in [1.807, 2.05) is 48.2 Å². The molecule has 1 aromatic carbocycles. The number of halogens is 1. The molecule has 2 aromatic heterocycles. The molecule has 0 saturated carbocycles. The molecule has 0 aliphatic carbocycles. The fraction of sp³-hybridized carbons (Fsp3) is 0.286. The van der Waals surface area contributed by atoms with Gasteiger partial charge in [0.1, 0.15) is 5.82 Å². The summed E-state index contributed by atoms with van der Waals surface area (Å²) in [4.78, 5) is 23.8. The summed E-state index contributed by atoms with van der Waals surface area (Å²) in [5.74, 6) is 0.864. The molecule has 2 N–H and O–H groups in total.